The maximum Gasteiger partial charge on any atom is 0.303 e. The van der Waals surface area contributed by atoms with E-state index in [9.17, 15) is 4.79 Å². The van der Waals surface area contributed by atoms with Crippen molar-refractivity contribution in [1.29, 1.82) is 0 Å². The second kappa shape index (κ2) is 6.28. The zero-order valence-electron chi connectivity index (χ0n) is 11.5. The Kier molecular flexibility index (Phi) is 5.01. The summed E-state index contributed by atoms with van der Waals surface area (Å²) in [7, 11) is 1.68. The molecule has 100 valence electrons. The predicted octanol–water partition coefficient (Wildman–Crippen LogP) is 2.90. The number of methoxy groups -OCH3 is 1. The maximum absolute atomic E-state index is 10.4. The van der Waals surface area contributed by atoms with Crippen molar-refractivity contribution >= 4 is 11.7 Å². The van der Waals surface area contributed by atoms with E-state index < -0.39 is 5.97 Å². The number of carboxylic acids is 1. The van der Waals surface area contributed by atoms with Gasteiger partial charge < -0.3 is 15.2 Å². The number of aliphatic carboxylic acids is 1. The quantitative estimate of drug-likeness (QED) is 0.763. The van der Waals surface area contributed by atoms with E-state index in [0.717, 1.165) is 28.1 Å². The molecule has 4 nitrogen and oxygen atoms in total. The van der Waals surface area contributed by atoms with Crippen molar-refractivity contribution in [1.82, 2.24) is 0 Å². The number of ether oxygens (including phenoxy) is 1. The number of hydrogen-bond donors (Lipinski definition) is 2. The summed E-state index contributed by atoms with van der Waals surface area (Å²) in [4.78, 5) is 10.4. The zero-order chi connectivity index (χ0) is 13.7. The van der Waals surface area contributed by atoms with E-state index in [1.807, 2.05) is 26.8 Å². The molecule has 4 heteroatoms. The summed E-state index contributed by atoms with van der Waals surface area (Å²) in [5, 5.41) is 11.9. The summed E-state index contributed by atoms with van der Waals surface area (Å²) in [6, 6.07) is 2.04. The van der Waals surface area contributed by atoms with Crippen molar-refractivity contribution in [2.45, 2.75) is 33.6 Å². The van der Waals surface area contributed by atoms with Crippen LogP contribution < -0.4 is 10.1 Å². The minimum absolute atomic E-state index is 0.195. The van der Waals surface area contributed by atoms with Gasteiger partial charge in [0.2, 0.25) is 0 Å². The second-order valence-electron chi connectivity index (χ2n) is 4.45. The molecule has 0 bridgehead atoms. The zero-order valence-corrected chi connectivity index (χ0v) is 11.5. The predicted molar refractivity (Wildman–Crippen MR) is 72.6 cm³/mol. The molecule has 0 aliphatic heterocycles. The second-order valence-corrected chi connectivity index (χ2v) is 4.45. The van der Waals surface area contributed by atoms with Gasteiger partial charge in [-0.2, -0.15) is 0 Å². The van der Waals surface area contributed by atoms with E-state index in [4.69, 9.17) is 9.84 Å². The van der Waals surface area contributed by atoms with Gasteiger partial charge >= 0.3 is 5.97 Å². The summed E-state index contributed by atoms with van der Waals surface area (Å²) >= 11 is 0. The van der Waals surface area contributed by atoms with E-state index >= 15 is 0 Å². The first kappa shape index (κ1) is 14.4. The van der Waals surface area contributed by atoms with E-state index in [0.29, 0.717) is 13.0 Å². The molecular weight excluding hydrogens is 230 g/mol. The van der Waals surface area contributed by atoms with Crippen molar-refractivity contribution in [3.63, 3.8) is 0 Å². The van der Waals surface area contributed by atoms with Crippen LogP contribution >= 0.6 is 0 Å². The highest BCUT2D eigenvalue weighted by molar-refractivity contribution is 5.66. The Morgan fingerprint density at radius 3 is 2.56 bits per heavy atom. The van der Waals surface area contributed by atoms with Crippen molar-refractivity contribution < 1.29 is 14.6 Å². The van der Waals surface area contributed by atoms with Crippen molar-refractivity contribution in [2.24, 2.45) is 0 Å². The largest absolute Gasteiger partial charge is 0.496 e. The van der Waals surface area contributed by atoms with Gasteiger partial charge in [0.25, 0.3) is 0 Å². The van der Waals surface area contributed by atoms with Crippen molar-refractivity contribution in [2.75, 3.05) is 19.0 Å². The van der Waals surface area contributed by atoms with E-state index in [2.05, 4.69) is 5.32 Å². The van der Waals surface area contributed by atoms with E-state index in [-0.39, 0.29) is 6.42 Å². The molecule has 0 atom stereocenters. The molecule has 1 aromatic rings. The topological polar surface area (TPSA) is 58.6 Å². The Bertz CT molecular complexity index is 441. The van der Waals surface area contributed by atoms with Crippen molar-refractivity contribution in [3.05, 3.63) is 22.8 Å². The Labute approximate surface area is 108 Å². The Morgan fingerprint density at radius 2 is 2.00 bits per heavy atom. The highest BCUT2D eigenvalue weighted by atomic mass is 16.5. The molecule has 1 rings (SSSR count). The summed E-state index contributed by atoms with van der Waals surface area (Å²) < 4.78 is 5.36. The molecule has 0 unspecified atom stereocenters. The smallest absolute Gasteiger partial charge is 0.303 e. The van der Waals surface area contributed by atoms with Crippen LogP contribution in [-0.2, 0) is 4.79 Å². The molecular formula is C14H21NO3. The van der Waals surface area contributed by atoms with Gasteiger partial charge in [-0.3, -0.25) is 4.79 Å². The van der Waals surface area contributed by atoms with Gasteiger partial charge in [-0.15, -0.1) is 0 Å². The fourth-order valence-corrected chi connectivity index (χ4v) is 2.02. The highest BCUT2D eigenvalue weighted by Crippen LogP contribution is 2.31. The van der Waals surface area contributed by atoms with Crippen LogP contribution in [0.25, 0.3) is 0 Å². The fraction of sp³-hybridized carbons (Fsp3) is 0.500. The number of rotatable bonds is 6. The van der Waals surface area contributed by atoms with Gasteiger partial charge in [0.05, 0.1) is 7.11 Å². The van der Waals surface area contributed by atoms with Crippen LogP contribution in [0.2, 0.25) is 0 Å². The summed E-state index contributed by atoms with van der Waals surface area (Å²) in [6.07, 6.45) is 0.819. The molecule has 0 saturated carbocycles. The average molecular weight is 251 g/mol. The van der Waals surface area contributed by atoms with Crippen LogP contribution in [0.1, 0.15) is 29.5 Å². The van der Waals surface area contributed by atoms with Crippen LogP contribution in [0.4, 0.5) is 5.69 Å². The highest BCUT2D eigenvalue weighted by Gasteiger charge is 2.10. The van der Waals surface area contributed by atoms with Gasteiger partial charge in [-0.25, -0.2) is 0 Å². The molecule has 0 heterocycles. The average Bonchev–Trinajstić information content (AvgIpc) is 2.31. The third kappa shape index (κ3) is 3.39. The molecule has 0 fully saturated rings. The van der Waals surface area contributed by atoms with Crippen LogP contribution in [0.3, 0.4) is 0 Å². The molecule has 0 amide bonds. The monoisotopic (exact) mass is 251 g/mol. The molecule has 0 saturated heterocycles. The van der Waals surface area contributed by atoms with Crippen LogP contribution in [0, 0.1) is 20.8 Å². The molecule has 0 aliphatic rings. The number of carboxylic acid groups (broad SMARTS) is 1. The lowest BCUT2D eigenvalue weighted by molar-refractivity contribution is -0.137. The van der Waals surface area contributed by atoms with Gasteiger partial charge in [-0.1, -0.05) is 0 Å². The van der Waals surface area contributed by atoms with Crippen LogP contribution in [0.15, 0.2) is 6.07 Å². The normalized spacial score (nSPS) is 10.2. The number of benzene rings is 1. The lowest BCUT2D eigenvalue weighted by Crippen LogP contribution is -2.07. The van der Waals surface area contributed by atoms with E-state index in [1.54, 1.807) is 7.11 Å². The lowest BCUT2D eigenvalue weighted by Gasteiger charge is -2.16. The number of carbonyl (C=O) groups is 1. The molecule has 2 N–H and O–H groups in total. The number of hydrogen-bond acceptors (Lipinski definition) is 3. The Balaban J connectivity index is 2.75. The molecule has 1 aromatic carbocycles. The first-order valence-corrected chi connectivity index (χ1v) is 6.07. The van der Waals surface area contributed by atoms with E-state index in [1.165, 1.54) is 0 Å². The fourth-order valence-electron chi connectivity index (χ4n) is 2.02. The Hall–Kier alpha value is -1.71. The Morgan fingerprint density at radius 1 is 1.33 bits per heavy atom. The SMILES string of the molecule is COc1c(C)cc(NCCCC(=O)O)c(C)c1C. The van der Waals surface area contributed by atoms with Crippen molar-refractivity contribution in [3.8, 4) is 5.75 Å². The third-order valence-electron chi connectivity index (χ3n) is 3.11. The molecule has 0 aromatic heterocycles. The van der Waals surface area contributed by atoms with Crippen LogP contribution in [0.5, 0.6) is 5.75 Å². The van der Waals surface area contributed by atoms with Gasteiger partial charge in [0, 0.05) is 18.7 Å². The van der Waals surface area contributed by atoms with Gasteiger partial charge in [0.15, 0.2) is 0 Å². The molecule has 18 heavy (non-hydrogen) atoms. The minimum Gasteiger partial charge on any atom is -0.496 e. The standard InChI is InChI=1S/C14H21NO3/c1-9-8-12(15-7-5-6-13(16)17)10(2)11(3)14(9)18-4/h8,15H,5-7H2,1-4H3,(H,16,17). The first-order valence-electron chi connectivity index (χ1n) is 6.07. The van der Waals surface area contributed by atoms with Gasteiger partial charge in [0.1, 0.15) is 5.75 Å². The lowest BCUT2D eigenvalue weighted by atomic mass is 10.0. The van der Waals surface area contributed by atoms with Gasteiger partial charge in [-0.05, 0) is 49.9 Å². The number of nitrogens with one attached hydrogen (secondary N) is 1. The third-order valence-corrected chi connectivity index (χ3v) is 3.11. The number of aryl methyl sites for hydroxylation is 1. The molecule has 0 spiro atoms. The number of anilines is 1. The summed E-state index contributed by atoms with van der Waals surface area (Å²) in [5.41, 5.74) is 4.41. The maximum atomic E-state index is 10.4. The minimum atomic E-state index is -0.754. The summed E-state index contributed by atoms with van der Waals surface area (Å²) in [6.45, 7) is 6.74. The molecule has 0 radical (unpaired) electrons. The first-order chi connectivity index (χ1) is 8.47. The van der Waals surface area contributed by atoms with Crippen LogP contribution in [-0.4, -0.2) is 24.7 Å². The molecule has 0 aliphatic carbocycles. The summed E-state index contributed by atoms with van der Waals surface area (Å²) in [5.74, 6) is 0.166.